The van der Waals surface area contributed by atoms with Crippen molar-refractivity contribution < 1.29 is 19.0 Å². The van der Waals surface area contributed by atoms with Crippen LogP contribution in [0.25, 0.3) is 0 Å². The third kappa shape index (κ3) is 4.02. The molecule has 1 aliphatic carbocycles. The van der Waals surface area contributed by atoms with Gasteiger partial charge >= 0.3 is 5.97 Å². The smallest absolute Gasteiger partial charge is 0.343 e. The predicted octanol–water partition coefficient (Wildman–Crippen LogP) is 5.30. The van der Waals surface area contributed by atoms with Crippen molar-refractivity contribution in [3.05, 3.63) is 71.0 Å². The molecular weight excluding hydrogens is 402 g/mol. The fourth-order valence-corrected chi connectivity index (χ4v) is 5.15. The summed E-state index contributed by atoms with van der Waals surface area (Å²) in [5, 5.41) is 0. The average Bonchev–Trinajstić information content (AvgIpc) is 3.15. The number of ether oxygens (including phenoxy) is 3. The van der Waals surface area contributed by atoms with E-state index in [4.69, 9.17) is 14.2 Å². The highest BCUT2D eigenvalue weighted by Crippen LogP contribution is 2.49. The number of likely N-dealkylation sites (tertiary alicyclic amines) is 1. The molecule has 2 aromatic carbocycles. The summed E-state index contributed by atoms with van der Waals surface area (Å²) in [6.45, 7) is 5.29. The van der Waals surface area contributed by atoms with Crippen LogP contribution in [-0.2, 0) is 10.2 Å². The van der Waals surface area contributed by atoms with Gasteiger partial charge in [-0.1, -0.05) is 32.0 Å². The van der Waals surface area contributed by atoms with Crippen molar-refractivity contribution in [3.8, 4) is 11.5 Å². The second kappa shape index (κ2) is 8.99. The van der Waals surface area contributed by atoms with Gasteiger partial charge in [0.05, 0.1) is 19.8 Å². The highest BCUT2D eigenvalue weighted by Gasteiger charge is 2.49. The summed E-state index contributed by atoms with van der Waals surface area (Å²) in [4.78, 5) is 15.1. The molecule has 5 heteroatoms. The lowest BCUT2D eigenvalue weighted by molar-refractivity contribution is 0.0579. The van der Waals surface area contributed by atoms with Crippen molar-refractivity contribution in [3.63, 3.8) is 0 Å². The number of fused-ring (bicyclic) bond motifs is 1. The van der Waals surface area contributed by atoms with Gasteiger partial charge in [0.2, 0.25) is 0 Å². The Balaban J connectivity index is 1.56. The van der Waals surface area contributed by atoms with Gasteiger partial charge in [-0.05, 0) is 73.8 Å². The molecule has 1 fully saturated rings. The van der Waals surface area contributed by atoms with Crippen molar-refractivity contribution >= 4 is 5.97 Å². The minimum absolute atomic E-state index is 0.0247. The highest BCUT2D eigenvalue weighted by molar-refractivity contribution is 5.90. The minimum atomic E-state index is -0.286. The van der Waals surface area contributed by atoms with Gasteiger partial charge < -0.3 is 19.1 Å². The first-order valence-corrected chi connectivity index (χ1v) is 11.3. The molecule has 1 aliphatic heterocycles. The number of methoxy groups -OCH3 is 2. The number of nitrogens with zero attached hydrogens (tertiary/aromatic N) is 1. The first kappa shape index (κ1) is 22.4. The predicted molar refractivity (Wildman–Crippen MR) is 126 cm³/mol. The third-order valence-corrected chi connectivity index (χ3v) is 7.16. The topological polar surface area (TPSA) is 48.0 Å². The van der Waals surface area contributed by atoms with Crippen LogP contribution in [0.4, 0.5) is 0 Å². The molecule has 0 saturated carbocycles. The molecule has 0 aromatic heterocycles. The molecule has 1 heterocycles. The number of likely N-dealkylation sites (N-methyl/N-ethyl adjacent to an activating group) is 1. The molecule has 0 bridgehead atoms. The summed E-state index contributed by atoms with van der Waals surface area (Å²) in [6.07, 6.45) is 4.69. The van der Waals surface area contributed by atoms with Crippen LogP contribution < -0.4 is 9.47 Å². The van der Waals surface area contributed by atoms with E-state index in [0.717, 1.165) is 36.6 Å². The lowest BCUT2D eigenvalue weighted by Crippen LogP contribution is -2.43. The van der Waals surface area contributed by atoms with E-state index in [-0.39, 0.29) is 17.4 Å². The molecule has 0 spiro atoms. The Bertz CT molecular complexity index is 1010. The van der Waals surface area contributed by atoms with Gasteiger partial charge in [0.25, 0.3) is 0 Å². The monoisotopic (exact) mass is 435 g/mol. The summed E-state index contributed by atoms with van der Waals surface area (Å²) in [7, 11) is 5.48. The van der Waals surface area contributed by atoms with Crippen LogP contribution in [0, 0.1) is 0 Å². The van der Waals surface area contributed by atoms with Crippen LogP contribution in [0.5, 0.6) is 11.5 Å². The molecule has 0 radical (unpaired) electrons. The first-order valence-electron chi connectivity index (χ1n) is 11.3. The van der Waals surface area contributed by atoms with Crippen LogP contribution >= 0.6 is 0 Å². The summed E-state index contributed by atoms with van der Waals surface area (Å²) in [6, 6.07) is 14.2. The summed E-state index contributed by atoms with van der Waals surface area (Å²) in [5.74, 6) is 2.39. The quantitative estimate of drug-likeness (QED) is 0.576. The van der Waals surface area contributed by atoms with E-state index < -0.39 is 0 Å². The number of carbonyl (C=O) groups excluding carboxylic acids is 1. The zero-order valence-corrected chi connectivity index (χ0v) is 19.7. The Morgan fingerprint density at radius 3 is 2.44 bits per heavy atom. The zero-order valence-electron chi connectivity index (χ0n) is 19.7. The van der Waals surface area contributed by atoms with Gasteiger partial charge in [0.1, 0.15) is 5.76 Å². The number of allylic oxidation sites excluding steroid dienone is 1. The first-order chi connectivity index (χ1) is 15.4. The van der Waals surface area contributed by atoms with Crippen LogP contribution in [0.2, 0.25) is 0 Å². The van der Waals surface area contributed by atoms with Crippen molar-refractivity contribution in [1.29, 1.82) is 0 Å². The van der Waals surface area contributed by atoms with E-state index in [1.807, 2.05) is 30.3 Å². The van der Waals surface area contributed by atoms with E-state index in [1.54, 1.807) is 14.2 Å². The maximum absolute atomic E-state index is 12.8. The molecule has 2 aliphatic rings. The SMILES string of the molecule is COc1ccc(C23CC=C(OC(=O)c4ccc(C(C)C)cc4)CC2N(C)CC3)cc1OC. The van der Waals surface area contributed by atoms with Gasteiger partial charge in [-0.2, -0.15) is 0 Å². The van der Waals surface area contributed by atoms with Crippen LogP contribution in [0.1, 0.15) is 60.5 Å². The standard InChI is InChI=1S/C27H33NO4/c1-18(2)19-6-8-20(9-7-19)26(29)32-22-12-13-27(14-15-28(3)25(27)17-22)21-10-11-23(30-4)24(16-21)31-5/h6-12,16,18,25H,13-15,17H2,1-5H3. The van der Waals surface area contributed by atoms with Crippen molar-refractivity contribution in [2.45, 2.75) is 50.5 Å². The average molecular weight is 436 g/mol. The second-order valence-electron chi connectivity index (χ2n) is 9.22. The fourth-order valence-electron chi connectivity index (χ4n) is 5.15. The van der Waals surface area contributed by atoms with E-state index >= 15 is 0 Å². The normalized spacial score (nSPS) is 22.9. The van der Waals surface area contributed by atoms with Crippen molar-refractivity contribution in [2.24, 2.45) is 0 Å². The number of esters is 1. The van der Waals surface area contributed by atoms with Gasteiger partial charge in [0, 0.05) is 17.9 Å². The number of hydrogen-bond acceptors (Lipinski definition) is 5. The Labute approximate surface area is 191 Å². The molecule has 2 unspecified atom stereocenters. The summed E-state index contributed by atoms with van der Waals surface area (Å²) >= 11 is 0. The molecule has 2 aromatic rings. The van der Waals surface area contributed by atoms with Crippen molar-refractivity contribution in [2.75, 3.05) is 27.8 Å². The van der Waals surface area contributed by atoms with Crippen molar-refractivity contribution in [1.82, 2.24) is 4.90 Å². The summed E-state index contributed by atoms with van der Waals surface area (Å²) in [5.41, 5.74) is 3.02. The maximum atomic E-state index is 12.8. The van der Waals surface area contributed by atoms with Gasteiger partial charge in [-0.15, -0.1) is 0 Å². The van der Waals surface area contributed by atoms with E-state index in [1.165, 1.54) is 11.1 Å². The van der Waals surface area contributed by atoms with E-state index in [2.05, 4.69) is 44.0 Å². The fraction of sp³-hybridized carbons (Fsp3) is 0.444. The Morgan fingerprint density at radius 1 is 1.06 bits per heavy atom. The minimum Gasteiger partial charge on any atom is -0.493 e. The molecule has 0 N–H and O–H groups in total. The molecule has 5 nitrogen and oxygen atoms in total. The number of benzene rings is 2. The number of rotatable bonds is 6. The third-order valence-electron chi connectivity index (χ3n) is 7.16. The molecule has 4 rings (SSSR count). The molecule has 2 atom stereocenters. The van der Waals surface area contributed by atoms with E-state index in [9.17, 15) is 4.79 Å². The Morgan fingerprint density at radius 2 is 1.78 bits per heavy atom. The highest BCUT2D eigenvalue weighted by atomic mass is 16.5. The van der Waals surface area contributed by atoms with Crippen LogP contribution in [-0.4, -0.2) is 44.7 Å². The maximum Gasteiger partial charge on any atom is 0.343 e. The van der Waals surface area contributed by atoms with Gasteiger partial charge in [0.15, 0.2) is 11.5 Å². The van der Waals surface area contributed by atoms with Gasteiger partial charge in [-0.25, -0.2) is 4.79 Å². The second-order valence-corrected chi connectivity index (χ2v) is 9.22. The molecular formula is C27H33NO4. The molecule has 0 amide bonds. The summed E-state index contributed by atoms with van der Waals surface area (Å²) < 4.78 is 16.8. The largest absolute Gasteiger partial charge is 0.493 e. The lowest BCUT2D eigenvalue weighted by atomic mass is 9.68. The zero-order chi connectivity index (χ0) is 22.9. The Hall–Kier alpha value is -2.79. The number of hydrogen-bond donors (Lipinski definition) is 0. The van der Waals surface area contributed by atoms with Gasteiger partial charge in [-0.3, -0.25) is 0 Å². The molecule has 32 heavy (non-hydrogen) atoms. The number of carbonyl (C=O) groups is 1. The van der Waals surface area contributed by atoms with E-state index in [0.29, 0.717) is 17.9 Å². The molecule has 170 valence electrons. The Kier molecular flexibility index (Phi) is 6.29. The van der Waals surface area contributed by atoms with Crippen LogP contribution in [0.15, 0.2) is 54.3 Å². The van der Waals surface area contributed by atoms with Crippen LogP contribution in [0.3, 0.4) is 0 Å². The molecule has 1 saturated heterocycles. The lowest BCUT2D eigenvalue weighted by Gasteiger charge is -2.40.